The van der Waals surface area contributed by atoms with E-state index in [1.807, 2.05) is 60.1 Å². The SMILES string of the molecule is Cc1ccccc1-n1nc(C(C)(C)C)cc1NC(=O)CN(CCc1ccccc1)C(=O)C1CCCCC1. The van der Waals surface area contributed by atoms with Crippen LogP contribution in [0.3, 0.4) is 0 Å². The van der Waals surface area contributed by atoms with Crippen molar-refractivity contribution in [3.05, 3.63) is 77.5 Å². The molecule has 4 rings (SSSR count). The molecule has 37 heavy (non-hydrogen) atoms. The summed E-state index contributed by atoms with van der Waals surface area (Å²) in [5.41, 5.74) is 3.87. The molecule has 3 aromatic rings. The molecular weight excluding hydrogens is 460 g/mol. The molecule has 0 atom stereocenters. The van der Waals surface area contributed by atoms with E-state index in [4.69, 9.17) is 5.10 Å². The van der Waals surface area contributed by atoms with Crippen molar-refractivity contribution >= 4 is 17.6 Å². The van der Waals surface area contributed by atoms with Gasteiger partial charge in [-0.1, -0.05) is 88.6 Å². The minimum Gasteiger partial charge on any atom is -0.333 e. The van der Waals surface area contributed by atoms with E-state index in [1.165, 1.54) is 6.42 Å². The van der Waals surface area contributed by atoms with Crippen LogP contribution in [0.5, 0.6) is 0 Å². The van der Waals surface area contributed by atoms with Crippen molar-refractivity contribution in [2.24, 2.45) is 5.92 Å². The number of nitrogens with one attached hydrogen (secondary N) is 1. The van der Waals surface area contributed by atoms with Crippen LogP contribution in [0, 0.1) is 12.8 Å². The molecule has 6 nitrogen and oxygen atoms in total. The van der Waals surface area contributed by atoms with Crippen LogP contribution in [-0.2, 0) is 21.4 Å². The number of carbonyl (C=O) groups is 2. The highest BCUT2D eigenvalue weighted by Crippen LogP contribution is 2.28. The lowest BCUT2D eigenvalue weighted by Gasteiger charge is -2.29. The van der Waals surface area contributed by atoms with Gasteiger partial charge in [-0.3, -0.25) is 9.59 Å². The Bertz CT molecular complexity index is 1200. The van der Waals surface area contributed by atoms with Crippen LogP contribution >= 0.6 is 0 Å². The Labute approximate surface area is 221 Å². The van der Waals surface area contributed by atoms with E-state index in [9.17, 15) is 9.59 Å². The maximum atomic E-state index is 13.5. The molecule has 0 aliphatic heterocycles. The molecule has 1 N–H and O–H groups in total. The van der Waals surface area contributed by atoms with E-state index in [0.717, 1.165) is 54.6 Å². The largest absolute Gasteiger partial charge is 0.333 e. The highest BCUT2D eigenvalue weighted by Gasteiger charge is 2.28. The van der Waals surface area contributed by atoms with Gasteiger partial charge >= 0.3 is 0 Å². The Hall–Kier alpha value is -3.41. The van der Waals surface area contributed by atoms with Gasteiger partial charge in [0.25, 0.3) is 0 Å². The Kier molecular flexibility index (Phi) is 8.47. The van der Waals surface area contributed by atoms with Crippen LogP contribution in [0.4, 0.5) is 5.82 Å². The van der Waals surface area contributed by atoms with Crippen molar-refractivity contribution in [3.63, 3.8) is 0 Å². The lowest BCUT2D eigenvalue weighted by Crippen LogP contribution is -2.43. The first-order chi connectivity index (χ1) is 17.7. The van der Waals surface area contributed by atoms with Gasteiger partial charge in [-0.05, 0) is 43.4 Å². The van der Waals surface area contributed by atoms with Crippen molar-refractivity contribution < 1.29 is 9.59 Å². The Morgan fingerprint density at radius 1 is 1.00 bits per heavy atom. The van der Waals surface area contributed by atoms with Crippen molar-refractivity contribution in [3.8, 4) is 5.69 Å². The van der Waals surface area contributed by atoms with Gasteiger partial charge in [-0.15, -0.1) is 0 Å². The maximum Gasteiger partial charge on any atom is 0.245 e. The van der Waals surface area contributed by atoms with Crippen LogP contribution in [0.15, 0.2) is 60.7 Å². The maximum absolute atomic E-state index is 13.5. The van der Waals surface area contributed by atoms with Crippen LogP contribution in [-0.4, -0.2) is 39.6 Å². The van der Waals surface area contributed by atoms with E-state index < -0.39 is 0 Å². The standard InChI is InChI=1S/C31H40N4O2/c1-23-13-11-12-18-26(23)35-28(21-27(33-35)31(2,3)4)32-29(36)22-34(20-19-24-14-7-5-8-15-24)30(37)25-16-9-6-10-17-25/h5,7-8,11-15,18,21,25H,6,9-10,16-17,19-20,22H2,1-4H3,(H,32,36). The number of aryl methyl sites for hydroxylation is 1. The molecule has 6 heteroatoms. The minimum atomic E-state index is -0.201. The second kappa shape index (κ2) is 11.8. The van der Waals surface area contributed by atoms with E-state index in [2.05, 4.69) is 38.2 Å². The number of para-hydroxylation sites is 1. The topological polar surface area (TPSA) is 67.2 Å². The summed E-state index contributed by atoms with van der Waals surface area (Å²) in [4.78, 5) is 28.7. The second-order valence-electron chi connectivity index (χ2n) is 11.2. The molecule has 0 spiro atoms. The number of aromatic nitrogens is 2. The zero-order chi connectivity index (χ0) is 26.4. The third-order valence-electron chi connectivity index (χ3n) is 7.20. The molecule has 196 valence electrons. The fourth-order valence-corrected chi connectivity index (χ4v) is 4.96. The lowest BCUT2D eigenvalue weighted by atomic mass is 9.88. The number of nitrogens with zero attached hydrogens (tertiary/aromatic N) is 3. The van der Waals surface area contributed by atoms with E-state index in [-0.39, 0.29) is 29.7 Å². The molecule has 1 saturated carbocycles. The van der Waals surface area contributed by atoms with Crippen molar-refractivity contribution in [1.29, 1.82) is 0 Å². The van der Waals surface area contributed by atoms with E-state index in [1.54, 1.807) is 4.90 Å². The first kappa shape index (κ1) is 26.6. The Morgan fingerprint density at radius 3 is 2.35 bits per heavy atom. The minimum absolute atomic E-state index is 0.0160. The molecule has 0 unspecified atom stereocenters. The van der Waals surface area contributed by atoms with Crippen molar-refractivity contribution in [1.82, 2.24) is 14.7 Å². The van der Waals surface area contributed by atoms with Gasteiger partial charge in [0.05, 0.1) is 17.9 Å². The van der Waals surface area contributed by atoms with Crippen LogP contribution in [0.1, 0.15) is 69.7 Å². The molecule has 1 heterocycles. The predicted octanol–water partition coefficient (Wildman–Crippen LogP) is 6.07. The van der Waals surface area contributed by atoms with Gasteiger partial charge in [0, 0.05) is 23.9 Å². The zero-order valence-electron chi connectivity index (χ0n) is 22.7. The third-order valence-corrected chi connectivity index (χ3v) is 7.20. The van der Waals surface area contributed by atoms with Gasteiger partial charge in [0.15, 0.2) is 0 Å². The molecule has 1 aliphatic rings. The quantitative estimate of drug-likeness (QED) is 0.408. The summed E-state index contributed by atoms with van der Waals surface area (Å²) in [6.45, 7) is 8.92. The molecule has 0 radical (unpaired) electrons. The van der Waals surface area contributed by atoms with Crippen molar-refractivity contribution in [2.45, 2.75) is 71.6 Å². The summed E-state index contributed by atoms with van der Waals surface area (Å²) in [5.74, 6) is 0.542. The van der Waals surface area contributed by atoms with Crippen LogP contribution < -0.4 is 5.32 Å². The van der Waals surface area contributed by atoms with Gasteiger partial charge in [-0.25, -0.2) is 4.68 Å². The number of amides is 2. The van der Waals surface area contributed by atoms with Gasteiger partial charge < -0.3 is 10.2 Å². The first-order valence-electron chi connectivity index (χ1n) is 13.5. The summed E-state index contributed by atoms with van der Waals surface area (Å²) < 4.78 is 1.81. The fraction of sp³-hybridized carbons (Fsp3) is 0.452. The first-order valence-corrected chi connectivity index (χ1v) is 13.5. The summed E-state index contributed by atoms with van der Waals surface area (Å²) in [6.07, 6.45) is 5.91. The highest BCUT2D eigenvalue weighted by atomic mass is 16.2. The average molecular weight is 501 g/mol. The molecule has 0 saturated heterocycles. The Balaban J connectivity index is 1.55. The highest BCUT2D eigenvalue weighted by molar-refractivity contribution is 5.94. The van der Waals surface area contributed by atoms with E-state index >= 15 is 0 Å². The smallest absolute Gasteiger partial charge is 0.245 e. The Morgan fingerprint density at radius 2 is 1.68 bits per heavy atom. The number of hydrogen-bond donors (Lipinski definition) is 1. The predicted molar refractivity (Wildman–Crippen MR) is 149 cm³/mol. The number of rotatable bonds is 8. The number of hydrogen-bond acceptors (Lipinski definition) is 3. The molecular formula is C31H40N4O2. The monoisotopic (exact) mass is 500 g/mol. The average Bonchev–Trinajstić information content (AvgIpc) is 3.31. The summed E-state index contributed by atoms with van der Waals surface area (Å²) in [6, 6.07) is 20.1. The second-order valence-corrected chi connectivity index (χ2v) is 11.2. The van der Waals surface area contributed by atoms with E-state index in [0.29, 0.717) is 12.4 Å². The number of anilines is 1. The van der Waals surface area contributed by atoms with Gasteiger partial charge in [0.2, 0.25) is 11.8 Å². The van der Waals surface area contributed by atoms with Crippen LogP contribution in [0.25, 0.3) is 5.69 Å². The lowest BCUT2D eigenvalue weighted by molar-refractivity contribution is -0.139. The molecule has 1 aliphatic carbocycles. The summed E-state index contributed by atoms with van der Waals surface area (Å²) in [7, 11) is 0. The number of carbonyl (C=O) groups excluding carboxylic acids is 2. The van der Waals surface area contributed by atoms with Crippen molar-refractivity contribution in [2.75, 3.05) is 18.4 Å². The number of benzene rings is 2. The summed E-state index contributed by atoms with van der Waals surface area (Å²) in [5, 5.41) is 7.93. The van der Waals surface area contributed by atoms with Gasteiger partial charge in [-0.2, -0.15) is 5.10 Å². The molecule has 1 aromatic heterocycles. The zero-order valence-corrected chi connectivity index (χ0v) is 22.7. The van der Waals surface area contributed by atoms with Crippen LogP contribution in [0.2, 0.25) is 0 Å². The molecule has 2 amide bonds. The third kappa shape index (κ3) is 6.88. The van der Waals surface area contributed by atoms with Gasteiger partial charge in [0.1, 0.15) is 5.82 Å². The summed E-state index contributed by atoms with van der Waals surface area (Å²) >= 11 is 0. The molecule has 0 bridgehead atoms. The molecule has 2 aromatic carbocycles. The normalized spacial score (nSPS) is 14.4. The fourth-order valence-electron chi connectivity index (χ4n) is 4.96. The molecule has 1 fully saturated rings.